The van der Waals surface area contributed by atoms with Crippen LogP contribution in [0.15, 0.2) is 27.5 Å². The molecule has 1 amide bonds. The first-order valence-corrected chi connectivity index (χ1v) is 7.76. The minimum Gasteiger partial charge on any atom is -0.472 e. The number of aliphatic hydroxyl groups is 1. The largest absolute Gasteiger partial charge is 0.472 e. The van der Waals surface area contributed by atoms with E-state index in [4.69, 9.17) is 8.94 Å². The second-order valence-corrected chi connectivity index (χ2v) is 5.97. The van der Waals surface area contributed by atoms with Crippen LogP contribution in [-0.4, -0.2) is 33.3 Å². The highest BCUT2D eigenvalue weighted by Gasteiger charge is 2.27. The van der Waals surface area contributed by atoms with Crippen molar-refractivity contribution in [3.05, 3.63) is 24.5 Å². The van der Waals surface area contributed by atoms with Crippen LogP contribution in [-0.2, 0) is 11.2 Å². The lowest BCUT2D eigenvalue weighted by atomic mass is 9.88. The van der Waals surface area contributed by atoms with E-state index in [0.717, 1.165) is 12.0 Å². The molecule has 2 N–H and O–H groups in total. The van der Waals surface area contributed by atoms with Crippen molar-refractivity contribution >= 4 is 5.91 Å². The van der Waals surface area contributed by atoms with Crippen molar-refractivity contribution in [1.82, 2.24) is 15.5 Å². The molecule has 2 unspecified atom stereocenters. The van der Waals surface area contributed by atoms with Crippen molar-refractivity contribution in [2.24, 2.45) is 5.92 Å². The normalized spacial score (nSPS) is 15.1. The first-order valence-electron chi connectivity index (χ1n) is 7.76. The molecule has 0 aliphatic carbocycles. The second kappa shape index (κ2) is 7.41. The summed E-state index contributed by atoms with van der Waals surface area (Å²) < 4.78 is 10.1. The molecule has 2 atom stereocenters. The molecule has 0 aliphatic heterocycles. The Morgan fingerprint density at radius 1 is 1.52 bits per heavy atom. The SMILES string of the molecule is CCC(C)C(C)(O)CNC(=O)CCc1nc(-c2ccoc2)no1. The minimum absolute atomic E-state index is 0.108. The van der Waals surface area contributed by atoms with Gasteiger partial charge in [-0.3, -0.25) is 4.79 Å². The Labute approximate surface area is 135 Å². The highest BCUT2D eigenvalue weighted by atomic mass is 16.5. The van der Waals surface area contributed by atoms with Crippen molar-refractivity contribution in [2.75, 3.05) is 6.54 Å². The third-order valence-electron chi connectivity index (χ3n) is 4.13. The molecule has 0 bridgehead atoms. The fourth-order valence-corrected chi connectivity index (χ4v) is 2.07. The lowest BCUT2D eigenvalue weighted by Crippen LogP contribution is -2.45. The van der Waals surface area contributed by atoms with Gasteiger partial charge in [0.15, 0.2) is 0 Å². The van der Waals surface area contributed by atoms with E-state index in [1.54, 1.807) is 13.0 Å². The lowest BCUT2D eigenvalue weighted by molar-refractivity contribution is -0.122. The maximum absolute atomic E-state index is 11.9. The van der Waals surface area contributed by atoms with Crippen LogP contribution >= 0.6 is 0 Å². The summed E-state index contributed by atoms with van der Waals surface area (Å²) >= 11 is 0. The molecule has 0 saturated heterocycles. The number of hydrogen-bond acceptors (Lipinski definition) is 6. The van der Waals surface area contributed by atoms with Crippen molar-refractivity contribution in [3.63, 3.8) is 0 Å². The van der Waals surface area contributed by atoms with Gasteiger partial charge in [0.2, 0.25) is 17.6 Å². The molecule has 0 spiro atoms. The van der Waals surface area contributed by atoms with Crippen LogP contribution in [0.2, 0.25) is 0 Å². The van der Waals surface area contributed by atoms with Gasteiger partial charge in [-0.05, 0) is 18.9 Å². The molecule has 0 aliphatic rings. The van der Waals surface area contributed by atoms with Crippen LogP contribution in [0.1, 0.15) is 39.5 Å². The molecule has 7 nitrogen and oxygen atoms in total. The summed E-state index contributed by atoms with van der Waals surface area (Å²) in [6, 6.07) is 1.73. The maximum Gasteiger partial charge on any atom is 0.227 e. The number of furan rings is 1. The zero-order chi connectivity index (χ0) is 16.9. The van der Waals surface area contributed by atoms with Crippen molar-refractivity contribution in [2.45, 2.75) is 45.6 Å². The van der Waals surface area contributed by atoms with Gasteiger partial charge >= 0.3 is 0 Å². The Morgan fingerprint density at radius 3 is 2.96 bits per heavy atom. The molecule has 0 radical (unpaired) electrons. The first kappa shape index (κ1) is 17.2. The van der Waals surface area contributed by atoms with E-state index < -0.39 is 5.60 Å². The molecular formula is C16H23N3O4. The fourth-order valence-electron chi connectivity index (χ4n) is 2.07. The highest BCUT2D eigenvalue weighted by molar-refractivity contribution is 5.76. The quantitative estimate of drug-likeness (QED) is 0.772. The Balaban J connectivity index is 1.79. The van der Waals surface area contributed by atoms with Gasteiger partial charge in [0.1, 0.15) is 6.26 Å². The van der Waals surface area contributed by atoms with Crippen LogP contribution in [0.4, 0.5) is 0 Å². The number of rotatable bonds is 8. The number of carbonyl (C=O) groups excluding carboxylic acids is 1. The number of nitrogens with one attached hydrogen (secondary N) is 1. The van der Waals surface area contributed by atoms with Crippen molar-refractivity contribution in [1.29, 1.82) is 0 Å². The molecular weight excluding hydrogens is 298 g/mol. The van der Waals surface area contributed by atoms with Gasteiger partial charge in [-0.15, -0.1) is 0 Å². The number of aromatic nitrogens is 2. The molecule has 0 saturated carbocycles. The molecule has 0 aromatic carbocycles. The smallest absolute Gasteiger partial charge is 0.227 e. The first-order chi connectivity index (χ1) is 10.9. The third-order valence-corrected chi connectivity index (χ3v) is 4.13. The van der Waals surface area contributed by atoms with Crippen LogP contribution in [0.25, 0.3) is 11.4 Å². The lowest BCUT2D eigenvalue weighted by Gasteiger charge is -2.29. The predicted molar refractivity (Wildman–Crippen MR) is 83.4 cm³/mol. The molecule has 0 fully saturated rings. The summed E-state index contributed by atoms with van der Waals surface area (Å²) in [5.41, 5.74) is -0.183. The Kier molecular flexibility index (Phi) is 5.54. The molecule has 126 valence electrons. The van der Waals surface area contributed by atoms with Gasteiger partial charge in [0, 0.05) is 19.4 Å². The van der Waals surface area contributed by atoms with Gasteiger partial charge in [-0.25, -0.2) is 0 Å². The molecule has 2 heterocycles. The Bertz CT molecular complexity index is 619. The third kappa shape index (κ3) is 4.66. The molecule has 23 heavy (non-hydrogen) atoms. The highest BCUT2D eigenvalue weighted by Crippen LogP contribution is 2.19. The van der Waals surface area contributed by atoms with E-state index >= 15 is 0 Å². The van der Waals surface area contributed by atoms with Crippen LogP contribution in [0.3, 0.4) is 0 Å². The zero-order valence-corrected chi connectivity index (χ0v) is 13.7. The number of hydrogen-bond donors (Lipinski definition) is 2. The number of carbonyl (C=O) groups is 1. The van der Waals surface area contributed by atoms with Gasteiger partial charge in [-0.1, -0.05) is 25.4 Å². The standard InChI is InChI=1S/C16H23N3O4/c1-4-11(2)16(3,21)10-17-13(20)5-6-14-18-15(19-23-14)12-7-8-22-9-12/h7-9,11,21H,4-6,10H2,1-3H3,(H,17,20). The van der Waals surface area contributed by atoms with E-state index in [9.17, 15) is 9.90 Å². The molecule has 2 aromatic rings. The van der Waals surface area contributed by atoms with Gasteiger partial charge in [0.05, 0.1) is 17.4 Å². The number of amides is 1. The summed E-state index contributed by atoms with van der Waals surface area (Å²) in [4.78, 5) is 16.1. The van der Waals surface area contributed by atoms with E-state index in [-0.39, 0.29) is 24.8 Å². The second-order valence-electron chi connectivity index (χ2n) is 5.97. The predicted octanol–water partition coefficient (Wildman–Crippen LogP) is 2.18. The monoisotopic (exact) mass is 321 g/mol. The van der Waals surface area contributed by atoms with E-state index in [0.29, 0.717) is 18.1 Å². The molecule has 2 aromatic heterocycles. The topological polar surface area (TPSA) is 101 Å². The van der Waals surface area contributed by atoms with E-state index in [1.807, 2.05) is 13.8 Å². The summed E-state index contributed by atoms with van der Waals surface area (Å²) in [7, 11) is 0. The summed E-state index contributed by atoms with van der Waals surface area (Å²) in [5, 5.41) is 16.8. The Hall–Kier alpha value is -2.15. The fraction of sp³-hybridized carbons (Fsp3) is 0.562. The van der Waals surface area contributed by atoms with E-state index in [2.05, 4.69) is 15.5 Å². The minimum atomic E-state index is -0.913. The van der Waals surface area contributed by atoms with Crippen molar-refractivity contribution < 1.29 is 18.8 Å². The average molecular weight is 321 g/mol. The van der Waals surface area contributed by atoms with Crippen LogP contribution in [0, 0.1) is 5.92 Å². The van der Waals surface area contributed by atoms with Gasteiger partial charge < -0.3 is 19.4 Å². The van der Waals surface area contributed by atoms with Gasteiger partial charge in [-0.2, -0.15) is 4.98 Å². The number of aryl methyl sites for hydroxylation is 1. The summed E-state index contributed by atoms with van der Waals surface area (Å²) in [6.45, 7) is 5.93. The summed E-state index contributed by atoms with van der Waals surface area (Å²) in [6.07, 6.45) is 4.48. The average Bonchev–Trinajstić information content (AvgIpc) is 3.20. The van der Waals surface area contributed by atoms with Crippen molar-refractivity contribution in [3.8, 4) is 11.4 Å². The molecule has 7 heteroatoms. The Morgan fingerprint density at radius 2 is 2.30 bits per heavy atom. The van der Waals surface area contributed by atoms with E-state index in [1.165, 1.54) is 12.5 Å². The van der Waals surface area contributed by atoms with Gasteiger partial charge in [0.25, 0.3) is 0 Å². The molecule has 2 rings (SSSR count). The zero-order valence-electron chi connectivity index (χ0n) is 13.7. The maximum atomic E-state index is 11.9. The number of nitrogens with zero attached hydrogens (tertiary/aromatic N) is 2. The summed E-state index contributed by atoms with van der Waals surface area (Å²) in [5.74, 6) is 0.784. The van der Waals surface area contributed by atoms with Crippen LogP contribution < -0.4 is 5.32 Å². The van der Waals surface area contributed by atoms with Crippen LogP contribution in [0.5, 0.6) is 0 Å².